The second-order valence-electron chi connectivity index (χ2n) is 5.70. The van der Waals surface area contributed by atoms with Crippen molar-refractivity contribution in [1.29, 1.82) is 0 Å². The molecule has 24 heavy (non-hydrogen) atoms. The molecule has 2 aromatic heterocycles. The van der Waals surface area contributed by atoms with Crippen molar-refractivity contribution in [3.63, 3.8) is 0 Å². The molecule has 6 heteroatoms. The lowest BCUT2D eigenvalue weighted by Gasteiger charge is -2.02. The maximum Gasteiger partial charge on any atom is 0.271 e. The zero-order chi connectivity index (χ0) is 16.7. The Morgan fingerprint density at radius 2 is 1.75 bits per heavy atom. The summed E-state index contributed by atoms with van der Waals surface area (Å²) >= 11 is 0. The van der Waals surface area contributed by atoms with E-state index in [4.69, 9.17) is 4.74 Å². The molecule has 0 aliphatic carbocycles. The van der Waals surface area contributed by atoms with Gasteiger partial charge in [-0.15, -0.1) is 0 Å². The van der Waals surface area contributed by atoms with Crippen LogP contribution in [0.5, 0.6) is 5.75 Å². The van der Waals surface area contributed by atoms with Gasteiger partial charge in [-0.2, -0.15) is 0 Å². The van der Waals surface area contributed by atoms with Gasteiger partial charge in [-0.1, -0.05) is 0 Å². The third kappa shape index (κ3) is 2.28. The number of benzene rings is 2. The van der Waals surface area contributed by atoms with Gasteiger partial charge in [0.05, 0.1) is 17.5 Å². The van der Waals surface area contributed by atoms with E-state index in [1.807, 2.05) is 30.6 Å². The number of aromatic amines is 2. The molecule has 0 unspecified atom stereocenters. The zero-order valence-corrected chi connectivity index (χ0v) is 13.0. The van der Waals surface area contributed by atoms with E-state index in [0.717, 1.165) is 45.1 Å². The maximum absolute atomic E-state index is 10.9. The number of ether oxygens (including phenoxy) is 1. The predicted molar refractivity (Wildman–Crippen MR) is 92.6 cm³/mol. The zero-order valence-electron chi connectivity index (χ0n) is 13.0. The molecule has 0 aliphatic rings. The molecule has 2 heterocycles. The number of fused-ring (bicyclic) bond motifs is 2. The minimum Gasteiger partial charge on any atom is -0.497 e. The number of H-pyrrole nitrogens is 2. The van der Waals surface area contributed by atoms with E-state index in [9.17, 15) is 10.1 Å². The minimum absolute atomic E-state index is 0.0905. The number of nitrogens with zero attached hydrogens (tertiary/aromatic N) is 1. The fourth-order valence-electron chi connectivity index (χ4n) is 3.07. The van der Waals surface area contributed by atoms with Gasteiger partial charge in [0.25, 0.3) is 5.69 Å². The highest BCUT2D eigenvalue weighted by Gasteiger charge is 2.12. The molecule has 4 aromatic rings. The molecule has 0 spiro atoms. The van der Waals surface area contributed by atoms with Crippen molar-refractivity contribution in [2.45, 2.75) is 6.42 Å². The number of aromatic nitrogens is 2. The first kappa shape index (κ1) is 14.3. The molecule has 0 fully saturated rings. The quantitative estimate of drug-likeness (QED) is 0.437. The smallest absolute Gasteiger partial charge is 0.271 e. The van der Waals surface area contributed by atoms with Crippen molar-refractivity contribution in [3.8, 4) is 5.75 Å². The fourth-order valence-corrected chi connectivity index (χ4v) is 3.07. The van der Waals surface area contributed by atoms with Crippen molar-refractivity contribution in [3.05, 3.63) is 70.0 Å². The van der Waals surface area contributed by atoms with Crippen LogP contribution >= 0.6 is 0 Å². The number of non-ortho nitro benzene ring substituents is 1. The molecular formula is C18H15N3O3. The third-order valence-corrected chi connectivity index (χ3v) is 4.32. The lowest BCUT2D eigenvalue weighted by atomic mass is 10.0. The molecule has 0 saturated heterocycles. The van der Waals surface area contributed by atoms with E-state index in [2.05, 4.69) is 9.97 Å². The number of rotatable bonds is 4. The van der Waals surface area contributed by atoms with Crippen LogP contribution in [0, 0.1) is 10.1 Å². The maximum atomic E-state index is 10.9. The molecule has 120 valence electrons. The number of hydrogen-bond donors (Lipinski definition) is 2. The Morgan fingerprint density at radius 1 is 1.00 bits per heavy atom. The first-order chi connectivity index (χ1) is 11.7. The lowest BCUT2D eigenvalue weighted by molar-refractivity contribution is -0.384. The Morgan fingerprint density at radius 3 is 2.50 bits per heavy atom. The van der Waals surface area contributed by atoms with Crippen LogP contribution in [0.3, 0.4) is 0 Å². The average molecular weight is 321 g/mol. The van der Waals surface area contributed by atoms with Crippen LogP contribution in [-0.2, 0) is 6.42 Å². The summed E-state index contributed by atoms with van der Waals surface area (Å²) < 4.78 is 5.30. The fraction of sp³-hybridized carbons (Fsp3) is 0.111. The first-order valence-corrected chi connectivity index (χ1v) is 7.54. The summed E-state index contributed by atoms with van der Waals surface area (Å²) in [5.74, 6) is 0.818. The van der Waals surface area contributed by atoms with E-state index >= 15 is 0 Å². The Kier molecular flexibility index (Phi) is 3.23. The predicted octanol–water partition coefficient (Wildman–Crippen LogP) is 4.16. The molecule has 0 amide bonds. The first-order valence-electron chi connectivity index (χ1n) is 7.54. The van der Waals surface area contributed by atoms with Gasteiger partial charge in [0.1, 0.15) is 5.75 Å². The van der Waals surface area contributed by atoms with Crippen molar-refractivity contribution in [2.75, 3.05) is 7.11 Å². The lowest BCUT2D eigenvalue weighted by Crippen LogP contribution is -1.88. The van der Waals surface area contributed by atoms with Crippen LogP contribution in [0.1, 0.15) is 11.1 Å². The molecule has 0 radical (unpaired) electrons. The van der Waals surface area contributed by atoms with Crippen LogP contribution in [0.25, 0.3) is 21.8 Å². The summed E-state index contributed by atoms with van der Waals surface area (Å²) in [4.78, 5) is 16.9. The second kappa shape index (κ2) is 5.42. The molecule has 2 N–H and O–H groups in total. The van der Waals surface area contributed by atoms with E-state index in [1.54, 1.807) is 19.2 Å². The van der Waals surface area contributed by atoms with Gasteiger partial charge in [-0.05, 0) is 35.4 Å². The van der Waals surface area contributed by atoms with Crippen LogP contribution in [0.15, 0.2) is 48.8 Å². The van der Waals surface area contributed by atoms with Gasteiger partial charge in [0.2, 0.25) is 0 Å². The summed E-state index contributed by atoms with van der Waals surface area (Å²) in [6.07, 6.45) is 4.63. The van der Waals surface area contributed by atoms with Crippen molar-refractivity contribution in [1.82, 2.24) is 9.97 Å². The van der Waals surface area contributed by atoms with Crippen LogP contribution < -0.4 is 4.74 Å². The Bertz CT molecular complexity index is 1060. The summed E-state index contributed by atoms with van der Waals surface area (Å²) in [5, 5.41) is 13.0. The van der Waals surface area contributed by atoms with E-state index in [-0.39, 0.29) is 10.6 Å². The molecule has 2 aromatic carbocycles. The van der Waals surface area contributed by atoms with Crippen LogP contribution in [-0.4, -0.2) is 22.0 Å². The normalized spacial score (nSPS) is 11.2. The van der Waals surface area contributed by atoms with E-state index < -0.39 is 0 Å². The summed E-state index contributed by atoms with van der Waals surface area (Å²) in [6.45, 7) is 0. The van der Waals surface area contributed by atoms with Crippen LogP contribution in [0.4, 0.5) is 5.69 Å². The SMILES string of the molecule is COc1ccc2[nH]cc(Cc3c[nH]c4cc([N+](=O)[O-])ccc34)c2c1. The molecule has 0 bridgehead atoms. The Balaban J connectivity index is 1.75. The molecule has 6 nitrogen and oxygen atoms in total. The topological polar surface area (TPSA) is 84.0 Å². The highest BCUT2D eigenvalue weighted by molar-refractivity contribution is 5.88. The number of hydrogen-bond acceptors (Lipinski definition) is 3. The standard InChI is InChI=1S/C18H15N3O3/c1-24-14-3-5-17-16(8-14)12(10-19-17)6-11-9-20-18-7-13(21(22)23)2-4-15(11)18/h2-5,7-10,19-20H,6H2,1H3. The Labute approximate surface area is 137 Å². The van der Waals surface area contributed by atoms with Gasteiger partial charge in [-0.25, -0.2) is 0 Å². The summed E-state index contributed by atoms with van der Waals surface area (Å²) in [7, 11) is 1.65. The molecule has 0 aliphatic heterocycles. The number of nitro groups is 1. The Hall–Kier alpha value is -3.28. The molecule has 0 atom stereocenters. The largest absolute Gasteiger partial charge is 0.497 e. The molecule has 4 rings (SSSR count). The highest BCUT2D eigenvalue weighted by atomic mass is 16.6. The highest BCUT2D eigenvalue weighted by Crippen LogP contribution is 2.29. The number of nitro benzene ring substituents is 1. The second-order valence-corrected chi connectivity index (χ2v) is 5.70. The molecular weight excluding hydrogens is 306 g/mol. The summed E-state index contributed by atoms with van der Waals surface area (Å²) in [6, 6.07) is 10.8. The van der Waals surface area contributed by atoms with Gasteiger partial charge >= 0.3 is 0 Å². The van der Waals surface area contributed by atoms with E-state index in [1.165, 1.54) is 6.07 Å². The average Bonchev–Trinajstić information content (AvgIpc) is 3.18. The number of methoxy groups -OCH3 is 1. The molecule has 0 saturated carbocycles. The van der Waals surface area contributed by atoms with Crippen molar-refractivity contribution in [2.24, 2.45) is 0 Å². The van der Waals surface area contributed by atoms with Crippen LogP contribution in [0.2, 0.25) is 0 Å². The monoisotopic (exact) mass is 321 g/mol. The summed E-state index contributed by atoms with van der Waals surface area (Å²) in [5.41, 5.74) is 4.18. The van der Waals surface area contributed by atoms with Gasteiger partial charge in [0.15, 0.2) is 0 Å². The van der Waals surface area contributed by atoms with E-state index in [0.29, 0.717) is 0 Å². The third-order valence-electron chi connectivity index (χ3n) is 4.32. The van der Waals surface area contributed by atoms with Crippen molar-refractivity contribution >= 4 is 27.5 Å². The van der Waals surface area contributed by atoms with Gasteiger partial charge in [-0.3, -0.25) is 10.1 Å². The van der Waals surface area contributed by atoms with Gasteiger partial charge in [0, 0.05) is 47.2 Å². The van der Waals surface area contributed by atoms with Crippen molar-refractivity contribution < 1.29 is 9.66 Å². The number of nitrogens with one attached hydrogen (secondary N) is 2. The van der Waals surface area contributed by atoms with Gasteiger partial charge < -0.3 is 14.7 Å². The minimum atomic E-state index is -0.383.